The Kier molecular flexibility index (Phi) is 5.28. The summed E-state index contributed by atoms with van der Waals surface area (Å²) < 4.78 is 39.4. The number of carbonyl (C=O) groups is 1. The lowest BCUT2D eigenvalue weighted by Gasteiger charge is -2.12. The Morgan fingerprint density at radius 1 is 1.53 bits per heavy atom. The van der Waals surface area contributed by atoms with Gasteiger partial charge in [-0.05, 0) is 18.6 Å². The maximum atomic E-state index is 13.6. The molecule has 0 aliphatic rings. The molecule has 1 unspecified atom stereocenters. The molecule has 5 nitrogen and oxygen atoms in total. The molecule has 0 aromatic heterocycles. The fourth-order valence-electron chi connectivity index (χ4n) is 1.39. The van der Waals surface area contributed by atoms with E-state index >= 15 is 0 Å². The Bertz CT molecular complexity index is 576. The fraction of sp³-hybridized carbons (Fsp3) is 0.364. The van der Waals surface area contributed by atoms with Crippen LogP contribution >= 0.6 is 11.6 Å². The van der Waals surface area contributed by atoms with Crippen molar-refractivity contribution in [2.24, 2.45) is 5.92 Å². The highest BCUT2D eigenvalue weighted by atomic mass is 35.5. The molecular weight excluding hydrogens is 297 g/mol. The molecule has 0 spiro atoms. The van der Waals surface area contributed by atoms with Crippen molar-refractivity contribution in [3.05, 3.63) is 29.0 Å². The molecule has 0 amide bonds. The summed E-state index contributed by atoms with van der Waals surface area (Å²) >= 11 is 5.50. The second kappa shape index (κ2) is 6.31. The first-order valence-electron chi connectivity index (χ1n) is 5.46. The molecule has 0 heterocycles. The molecular formula is C11H13ClFNO4S. The number of hydrogen-bond acceptors (Lipinski definition) is 3. The van der Waals surface area contributed by atoms with Crippen LogP contribution in [0.5, 0.6) is 0 Å². The van der Waals surface area contributed by atoms with Crippen molar-refractivity contribution >= 4 is 27.6 Å². The zero-order valence-electron chi connectivity index (χ0n) is 10.1. The maximum absolute atomic E-state index is 13.6. The summed E-state index contributed by atoms with van der Waals surface area (Å²) in [6.45, 7) is 1.31. The maximum Gasteiger partial charge on any atom is 0.307 e. The number of nitrogens with one attached hydrogen (secondary N) is 1. The first-order chi connectivity index (χ1) is 8.79. The van der Waals surface area contributed by atoms with Gasteiger partial charge in [-0.1, -0.05) is 24.6 Å². The quantitative estimate of drug-likeness (QED) is 0.840. The number of hydrogen-bond donors (Lipinski definition) is 2. The highest BCUT2D eigenvalue weighted by Crippen LogP contribution is 2.21. The smallest absolute Gasteiger partial charge is 0.307 e. The van der Waals surface area contributed by atoms with Gasteiger partial charge in [0.15, 0.2) is 5.82 Å². The molecule has 0 saturated carbocycles. The van der Waals surface area contributed by atoms with Gasteiger partial charge in [0.25, 0.3) is 0 Å². The molecule has 0 fully saturated rings. The molecule has 0 radical (unpaired) electrons. The summed E-state index contributed by atoms with van der Waals surface area (Å²) in [5, 5.41) is 8.50. The zero-order valence-corrected chi connectivity index (χ0v) is 11.6. The monoisotopic (exact) mass is 309 g/mol. The van der Waals surface area contributed by atoms with Crippen molar-refractivity contribution in [3.63, 3.8) is 0 Å². The Hall–Kier alpha value is -1.18. The summed E-state index contributed by atoms with van der Waals surface area (Å²) in [4.78, 5) is 10.2. The predicted octanol–water partition coefficient (Wildman–Crippen LogP) is 1.87. The van der Waals surface area contributed by atoms with E-state index in [1.165, 1.54) is 12.1 Å². The Balaban J connectivity index is 2.93. The van der Waals surface area contributed by atoms with Gasteiger partial charge in [-0.25, -0.2) is 17.5 Å². The minimum Gasteiger partial charge on any atom is -0.481 e. The molecule has 0 bridgehead atoms. The third kappa shape index (κ3) is 3.89. The molecule has 2 N–H and O–H groups in total. The second-order valence-corrected chi connectivity index (χ2v) is 5.99. The Morgan fingerprint density at radius 3 is 2.68 bits per heavy atom. The molecule has 1 rings (SSSR count). The summed E-state index contributed by atoms with van der Waals surface area (Å²) in [7, 11) is -4.12. The van der Waals surface area contributed by atoms with Gasteiger partial charge in [-0.2, -0.15) is 0 Å². The van der Waals surface area contributed by atoms with E-state index in [9.17, 15) is 17.6 Å². The number of carboxylic acids is 1. The van der Waals surface area contributed by atoms with Gasteiger partial charge >= 0.3 is 5.97 Å². The molecule has 19 heavy (non-hydrogen) atoms. The Morgan fingerprint density at radius 2 is 2.16 bits per heavy atom. The van der Waals surface area contributed by atoms with Crippen molar-refractivity contribution in [1.82, 2.24) is 4.72 Å². The molecule has 0 aliphatic carbocycles. The van der Waals surface area contributed by atoms with Gasteiger partial charge in [0.05, 0.1) is 10.9 Å². The number of aliphatic carboxylic acids is 1. The minimum absolute atomic E-state index is 0.260. The van der Waals surface area contributed by atoms with Crippen LogP contribution in [0.25, 0.3) is 0 Å². The van der Waals surface area contributed by atoms with Gasteiger partial charge in [-0.15, -0.1) is 0 Å². The molecule has 8 heteroatoms. The third-order valence-corrected chi connectivity index (χ3v) is 4.30. The van der Waals surface area contributed by atoms with E-state index in [0.717, 1.165) is 6.07 Å². The van der Waals surface area contributed by atoms with Gasteiger partial charge in [0.1, 0.15) is 4.90 Å². The number of halogens is 2. The first kappa shape index (κ1) is 15.9. The largest absolute Gasteiger partial charge is 0.481 e. The lowest BCUT2D eigenvalue weighted by Crippen LogP contribution is -2.33. The lowest BCUT2D eigenvalue weighted by atomic mass is 10.1. The van der Waals surface area contributed by atoms with Crippen molar-refractivity contribution in [1.29, 1.82) is 0 Å². The van der Waals surface area contributed by atoms with E-state index in [4.69, 9.17) is 16.7 Å². The zero-order chi connectivity index (χ0) is 14.6. The van der Waals surface area contributed by atoms with Crippen LogP contribution in [0.3, 0.4) is 0 Å². The van der Waals surface area contributed by atoms with E-state index < -0.39 is 32.6 Å². The molecule has 0 saturated heterocycles. The van der Waals surface area contributed by atoms with Crippen LogP contribution in [0.1, 0.15) is 13.3 Å². The van der Waals surface area contributed by atoms with E-state index in [2.05, 4.69) is 4.72 Å². The number of benzene rings is 1. The normalized spacial score (nSPS) is 13.2. The minimum atomic E-state index is -4.12. The lowest BCUT2D eigenvalue weighted by molar-refractivity contribution is -0.141. The van der Waals surface area contributed by atoms with E-state index in [-0.39, 0.29) is 18.0 Å². The molecule has 1 aromatic carbocycles. The summed E-state index contributed by atoms with van der Waals surface area (Å²) in [5.41, 5.74) is 0. The summed E-state index contributed by atoms with van der Waals surface area (Å²) in [6, 6.07) is 3.59. The van der Waals surface area contributed by atoms with E-state index in [1.807, 2.05) is 0 Å². The van der Waals surface area contributed by atoms with Gasteiger partial charge in [0.2, 0.25) is 10.0 Å². The highest BCUT2D eigenvalue weighted by molar-refractivity contribution is 7.89. The summed E-state index contributed by atoms with van der Waals surface area (Å²) in [6.07, 6.45) is 0.260. The average Bonchev–Trinajstić information content (AvgIpc) is 2.32. The predicted molar refractivity (Wildman–Crippen MR) is 68.0 cm³/mol. The third-order valence-electron chi connectivity index (χ3n) is 2.57. The van der Waals surface area contributed by atoms with Gasteiger partial charge in [-0.3, -0.25) is 4.79 Å². The van der Waals surface area contributed by atoms with Crippen LogP contribution in [0.4, 0.5) is 4.39 Å². The van der Waals surface area contributed by atoms with E-state index in [0.29, 0.717) is 0 Å². The van der Waals surface area contributed by atoms with Crippen LogP contribution in [0.2, 0.25) is 5.02 Å². The van der Waals surface area contributed by atoms with Gasteiger partial charge < -0.3 is 5.11 Å². The standard InChI is InChI=1S/C11H13ClFNO4S/c1-2-7(11(15)16)6-14-19(17,18)9-5-3-4-8(12)10(9)13/h3-5,7,14H,2,6H2,1H3,(H,15,16). The van der Waals surface area contributed by atoms with Crippen LogP contribution in [-0.2, 0) is 14.8 Å². The van der Waals surface area contributed by atoms with Crippen LogP contribution in [-0.4, -0.2) is 26.0 Å². The number of sulfonamides is 1. The Labute approximate surface area is 115 Å². The van der Waals surface area contributed by atoms with Crippen molar-refractivity contribution < 1.29 is 22.7 Å². The SMILES string of the molecule is CCC(CNS(=O)(=O)c1cccc(Cl)c1F)C(=O)O. The van der Waals surface area contributed by atoms with Crippen LogP contribution < -0.4 is 4.72 Å². The molecule has 0 aliphatic heterocycles. The van der Waals surface area contributed by atoms with Crippen molar-refractivity contribution in [2.75, 3.05) is 6.54 Å². The second-order valence-electron chi connectivity index (χ2n) is 3.85. The van der Waals surface area contributed by atoms with Crippen molar-refractivity contribution in [2.45, 2.75) is 18.2 Å². The van der Waals surface area contributed by atoms with Crippen molar-refractivity contribution in [3.8, 4) is 0 Å². The molecule has 1 atom stereocenters. The van der Waals surface area contributed by atoms with Gasteiger partial charge in [0, 0.05) is 6.54 Å². The van der Waals surface area contributed by atoms with Crippen LogP contribution in [0.15, 0.2) is 23.1 Å². The number of rotatable bonds is 6. The number of carboxylic acid groups (broad SMARTS) is 1. The topological polar surface area (TPSA) is 83.5 Å². The first-order valence-corrected chi connectivity index (χ1v) is 7.32. The highest BCUT2D eigenvalue weighted by Gasteiger charge is 2.23. The molecule has 1 aromatic rings. The summed E-state index contributed by atoms with van der Waals surface area (Å²) in [5.74, 6) is -3.03. The van der Waals surface area contributed by atoms with E-state index in [1.54, 1.807) is 6.92 Å². The average molecular weight is 310 g/mol. The molecule has 106 valence electrons. The van der Waals surface area contributed by atoms with Crippen LogP contribution in [0, 0.1) is 11.7 Å². The fourth-order valence-corrected chi connectivity index (χ4v) is 2.80.